The van der Waals surface area contributed by atoms with Gasteiger partial charge in [0, 0.05) is 23.4 Å². The van der Waals surface area contributed by atoms with E-state index in [0.29, 0.717) is 23.4 Å². The Morgan fingerprint density at radius 2 is 2.32 bits per heavy atom. The van der Waals surface area contributed by atoms with Gasteiger partial charge in [-0.15, -0.1) is 0 Å². The normalized spacial score (nSPS) is 22.6. The third-order valence-electron chi connectivity index (χ3n) is 3.60. The molecule has 0 bridgehead atoms. The minimum Gasteiger partial charge on any atom is -0.478 e. The maximum atomic E-state index is 13.6. The summed E-state index contributed by atoms with van der Waals surface area (Å²) in [5.74, 6) is -1.37. The van der Waals surface area contributed by atoms with Crippen LogP contribution in [-0.2, 0) is 6.54 Å². The van der Waals surface area contributed by atoms with Crippen LogP contribution < -0.4 is 5.32 Å². The number of benzene rings is 1. The number of rotatable bonds is 5. The Hall–Kier alpha value is -1.07. The molecular weight excluding hydrogens is 265 g/mol. The summed E-state index contributed by atoms with van der Waals surface area (Å²) in [5, 5.41) is 12.8. The van der Waals surface area contributed by atoms with Crippen LogP contribution in [-0.4, -0.2) is 28.6 Å². The third-order valence-corrected chi connectivity index (χ3v) is 4.77. The number of thioether (sulfide) groups is 1. The lowest BCUT2D eigenvalue weighted by Crippen LogP contribution is -2.33. The average molecular weight is 283 g/mol. The van der Waals surface area contributed by atoms with Crippen LogP contribution in [0.3, 0.4) is 0 Å². The molecule has 19 heavy (non-hydrogen) atoms. The van der Waals surface area contributed by atoms with Crippen LogP contribution in [0, 0.1) is 5.82 Å². The molecular formula is C14H18FNO2S. The van der Waals surface area contributed by atoms with Crippen molar-refractivity contribution in [3.05, 3.63) is 35.1 Å². The molecule has 0 saturated heterocycles. The van der Waals surface area contributed by atoms with Crippen LogP contribution in [0.4, 0.5) is 4.39 Å². The topological polar surface area (TPSA) is 49.3 Å². The van der Waals surface area contributed by atoms with E-state index in [-0.39, 0.29) is 11.4 Å². The maximum absolute atomic E-state index is 13.6. The van der Waals surface area contributed by atoms with Gasteiger partial charge in [-0.2, -0.15) is 11.8 Å². The van der Waals surface area contributed by atoms with Gasteiger partial charge in [-0.25, -0.2) is 9.18 Å². The molecule has 1 aliphatic carbocycles. The smallest absolute Gasteiger partial charge is 0.335 e. The number of halogens is 1. The molecule has 3 nitrogen and oxygen atoms in total. The van der Waals surface area contributed by atoms with Crippen molar-refractivity contribution in [1.82, 2.24) is 5.32 Å². The van der Waals surface area contributed by atoms with E-state index in [2.05, 4.69) is 11.6 Å². The summed E-state index contributed by atoms with van der Waals surface area (Å²) in [6.07, 6.45) is 5.58. The summed E-state index contributed by atoms with van der Waals surface area (Å²) in [4.78, 5) is 10.9. The van der Waals surface area contributed by atoms with E-state index >= 15 is 0 Å². The monoisotopic (exact) mass is 283 g/mol. The van der Waals surface area contributed by atoms with Crippen LogP contribution in [0.15, 0.2) is 18.2 Å². The van der Waals surface area contributed by atoms with Crippen molar-refractivity contribution < 1.29 is 14.3 Å². The van der Waals surface area contributed by atoms with Gasteiger partial charge in [-0.05, 0) is 37.3 Å². The van der Waals surface area contributed by atoms with Gasteiger partial charge in [-0.3, -0.25) is 0 Å². The number of carbonyl (C=O) groups is 1. The highest BCUT2D eigenvalue weighted by Gasteiger charge is 2.26. The molecule has 0 heterocycles. The first-order chi connectivity index (χ1) is 9.11. The van der Waals surface area contributed by atoms with Crippen molar-refractivity contribution in [3.8, 4) is 0 Å². The summed E-state index contributed by atoms with van der Waals surface area (Å²) in [5.41, 5.74) is 0.553. The fraction of sp³-hybridized carbons (Fsp3) is 0.500. The molecule has 0 aliphatic heterocycles. The Morgan fingerprint density at radius 1 is 1.53 bits per heavy atom. The fourth-order valence-corrected chi connectivity index (χ4v) is 3.49. The van der Waals surface area contributed by atoms with Gasteiger partial charge in [-0.1, -0.05) is 6.42 Å². The molecule has 0 spiro atoms. The molecule has 104 valence electrons. The van der Waals surface area contributed by atoms with Crippen molar-refractivity contribution in [2.24, 2.45) is 0 Å². The Balaban J connectivity index is 2.02. The standard InChI is InChI=1S/C14H18FNO2S/c1-19-13-4-2-3-12(13)16-8-10-7-9(14(17)18)5-6-11(10)15/h5-7,12-13,16H,2-4,8H2,1H3,(H,17,18). The van der Waals surface area contributed by atoms with E-state index in [1.165, 1.54) is 31.0 Å². The lowest BCUT2D eigenvalue weighted by molar-refractivity contribution is 0.0696. The van der Waals surface area contributed by atoms with Crippen molar-refractivity contribution >= 4 is 17.7 Å². The summed E-state index contributed by atoms with van der Waals surface area (Å²) in [7, 11) is 0. The first-order valence-corrected chi connectivity index (χ1v) is 7.68. The summed E-state index contributed by atoms with van der Waals surface area (Å²) < 4.78 is 13.6. The zero-order chi connectivity index (χ0) is 13.8. The number of hydrogen-bond acceptors (Lipinski definition) is 3. The molecule has 1 saturated carbocycles. The minimum absolute atomic E-state index is 0.131. The van der Waals surface area contributed by atoms with Gasteiger partial charge in [0.1, 0.15) is 5.82 Å². The van der Waals surface area contributed by atoms with Gasteiger partial charge >= 0.3 is 5.97 Å². The number of carboxylic acids is 1. The van der Waals surface area contributed by atoms with E-state index in [1.54, 1.807) is 0 Å². The predicted octanol–water partition coefficient (Wildman–Crippen LogP) is 2.90. The van der Waals surface area contributed by atoms with Gasteiger partial charge in [0.15, 0.2) is 0 Å². The van der Waals surface area contributed by atoms with Crippen molar-refractivity contribution in [2.45, 2.75) is 37.1 Å². The number of carboxylic acid groups (broad SMARTS) is 1. The highest BCUT2D eigenvalue weighted by molar-refractivity contribution is 7.99. The summed E-state index contributed by atoms with van der Waals surface area (Å²) in [6, 6.07) is 4.32. The van der Waals surface area contributed by atoms with Crippen LogP contribution in [0.25, 0.3) is 0 Å². The van der Waals surface area contributed by atoms with Crippen molar-refractivity contribution in [1.29, 1.82) is 0 Å². The molecule has 1 aromatic rings. The molecule has 2 atom stereocenters. The lowest BCUT2D eigenvalue weighted by atomic mass is 10.1. The number of hydrogen-bond donors (Lipinski definition) is 2. The zero-order valence-corrected chi connectivity index (χ0v) is 11.7. The Labute approximate surface area is 116 Å². The van der Waals surface area contributed by atoms with E-state index < -0.39 is 5.97 Å². The highest BCUT2D eigenvalue weighted by Crippen LogP contribution is 2.28. The Kier molecular flexibility index (Phi) is 4.82. The first kappa shape index (κ1) is 14.3. The average Bonchev–Trinajstić information content (AvgIpc) is 2.85. The van der Waals surface area contributed by atoms with Gasteiger partial charge in [0.25, 0.3) is 0 Å². The SMILES string of the molecule is CSC1CCCC1NCc1cc(C(=O)O)ccc1F. The maximum Gasteiger partial charge on any atom is 0.335 e. The number of nitrogens with one attached hydrogen (secondary N) is 1. The molecule has 1 fully saturated rings. The predicted molar refractivity (Wildman–Crippen MR) is 75.1 cm³/mol. The molecule has 1 aliphatic rings. The second-order valence-electron chi connectivity index (χ2n) is 4.80. The lowest BCUT2D eigenvalue weighted by Gasteiger charge is -2.19. The quantitative estimate of drug-likeness (QED) is 0.872. The molecule has 1 aromatic carbocycles. The van der Waals surface area contributed by atoms with Crippen molar-refractivity contribution in [3.63, 3.8) is 0 Å². The largest absolute Gasteiger partial charge is 0.478 e. The second-order valence-corrected chi connectivity index (χ2v) is 5.88. The molecule has 2 rings (SSSR count). The molecule has 0 amide bonds. The zero-order valence-electron chi connectivity index (χ0n) is 10.9. The van der Waals surface area contributed by atoms with Crippen LogP contribution in [0.1, 0.15) is 35.2 Å². The Morgan fingerprint density at radius 3 is 3.00 bits per heavy atom. The van der Waals surface area contributed by atoms with Crippen molar-refractivity contribution in [2.75, 3.05) is 6.26 Å². The molecule has 0 radical (unpaired) electrons. The van der Waals surface area contributed by atoms with E-state index in [0.717, 1.165) is 6.42 Å². The highest BCUT2D eigenvalue weighted by atomic mass is 32.2. The molecule has 2 N–H and O–H groups in total. The van der Waals surface area contributed by atoms with Crippen LogP contribution >= 0.6 is 11.8 Å². The third kappa shape index (κ3) is 3.48. The summed E-state index contributed by atoms with van der Waals surface area (Å²) in [6.45, 7) is 0.384. The fourth-order valence-electron chi connectivity index (χ4n) is 2.53. The van der Waals surface area contributed by atoms with E-state index in [9.17, 15) is 9.18 Å². The number of aromatic carboxylic acids is 1. The molecule has 5 heteroatoms. The van der Waals surface area contributed by atoms with Crippen LogP contribution in [0.2, 0.25) is 0 Å². The minimum atomic E-state index is -1.02. The molecule has 0 aromatic heterocycles. The van der Waals surface area contributed by atoms with Gasteiger partial charge in [0.05, 0.1) is 5.56 Å². The van der Waals surface area contributed by atoms with E-state index in [1.807, 2.05) is 11.8 Å². The van der Waals surface area contributed by atoms with Gasteiger partial charge < -0.3 is 10.4 Å². The van der Waals surface area contributed by atoms with Crippen LogP contribution in [0.5, 0.6) is 0 Å². The Bertz CT molecular complexity index is 467. The second kappa shape index (κ2) is 6.39. The first-order valence-electron chi connectivity index (χ1n) is 6.39. The molecule has 2 unspecified atom stereocenters. The van der Waals surface area contributed by atoms with E-state index in [4.69, 9.17) is 5.11 Å². The summed E-state index contributed by atoms with van der Waals surface area (Å²) >= 11 is 1.84. The van der Waals surface area contributed by atoms with Gasteiger partial charge in [0.2, 0.25) is 0 Å².